The van der Waals surface area contributed by atoms with Crippen molar-refractivity contribution >= 4 is 23.6 Å². The van der Waals surface area contributed by atoms with Crippen molar-refractivity contribution in [1.29, 1.82) is 0 Å². The molecule has 0 fully saturated rings. The van der Waals surface area contributed by atoms with Crippen molar-refractivity contribution in [2.24, 2.45) is 5.10 Å². The molecule has 0 atom stereocenters. The highest BCUT2D eigenvalue weighted by Gasteiger charge is 2.04. The Kier molecular flexibility index (Phi) is 6.53. The van der Waals surface area contributed by atoms with Gasteiger partial charge in [0.05, 0.1) is 25.6 Å². The first-order chi connectivity index (χ1) is 12.1. The van der Waals surface area contributed by atoms with Crippen LogP contribution in [0.2, 0.25) is 0 Å². The number of methoxy groups -OCH3 is 1. The van der Waals surface area contributed by atoms with Gasteiger partial charge in [-0.15, -0.1) is 0 Å². The zero-order chi connectivity index (χ0) is 18.1. The predicted molar refractivity (Wildman–Crippen MR) is 94.1 cm³/mol. The molecule has 7 nitrogen and oxygen atoms in total. The maximum absolute atomic E-state index is 11.7. The quantitative estimate of drug-likeness (QED) is 0.457. The van der Waals surface area contributed by atoms with Gasteiger partial charge in [-0.3, -0.25) is 9.59 Å². The minimum Gasteiger partial charge on any atom is -0.497 e. The molecule has 2 rings (SSSR count). The molecule has 0 bridgehead atoms. The third-order valence-corrected chi connectivity index (χ3v) is 3.22. The lowest BCUT2D eigenvalue weighted by molar-refractivity contribution is -0.123. The van der Waals surface area contributed by atoms with Gasteiger partial charge in [0.15, 0.2) is 0 Å². The minimum atomic E-state index is -0.424. The number of benzene rings is 1. The molecule has 0 aliphatic carbocycles. The van der Waals surface area contributed by atoms with Gasteiger partial charge in [-0.2, -0.15) is 5.10 Å². The van der Waals surface area contributed by atoms with Crippen LogP contribution in [0.1, 0.15) is 18.2 Å². The summed E-state index contributed by atoms with van der Waals surface area (Å²) in [4.78, 5) is 23.3. The molecule has 2 amide bonds. The van der Waals surface area contributed by atoms with Crippen LogP contribution in [0, 0.1) is 0 Å². The zero-order valence-corrected chi connectivity index (χ0v) is 14.0. The molecule has 0 unspecified atom stereocenters. The molecular weight excluding hydrogens is 322 g/mol. The van der Waals surface area contributed by atoms with Crippen LogP contribution < -0.4 is 15.5 Å². The molecule has 2 aromatic rings. The third kappa shape index (κ3) is 5.98. The van der Waals surface area contributed by atoms with Crippen LogP contribution >= 0.6 is 0 Å². The monoisotopic (exact) mass is 341 g/mol. The van der Waals surface area contributed by atoms with Crippen molar-refractivity contribution < 1.29 is 18.7 Å². The van der Waals surface area contributed by atoms with Crippen LogP contribution in [0.5, 0.6) is 5.75 Å². The third-order valence-electron chi connectivity index (χ3n) is 3.22. The lowest BCUT2D eigenvalue weighted by atomic mass is 10.1. The van der Waals surface area contributed by atoms with E-state index in [1.54, 1.807) is 26.2 Å². The van der Waals surface area contributed by atoms with Gasteiger partial charge in [0.2, 0.25) is 5.91 Å². The number of nitrogens with zero attached hydrogens (tertiary/aromatic N) is 1. The highest BCUT2D eigenvalue weighted by atomic mass is 16.5. The molecule has 2 N–H and O–H groups in total. The molecule has 0 aliphatic heterocycles. The summed E-state index contributed by atoms with van der Waals surface area (Å²) in [7, 11) is 1.59. The van der Waals surface area contributed by atoms with Crippen molar-refractivity contribution in [3.8, 4) is 5.75 Å². The van der Waals surface area contributed by atoms with E-state index >= 15 is 0 Å². The van der Waals surface area contributed by atoms with E-state index in [4.69, 9.17) is 9.15 Å². The van der Waals surface area contributed by atoms with E-state index in [0.717, 1.165) is 11.3 Å². The smallest absolute Gasteiger partial charge is 0.259 e. The van der Waals surface area contributed by atoms with E-state index < -0.39 is 11.8 Å². The second-order valence-corrected chi connectivity index (χ2v) is 5.03. The first-order valence-electron chi connectivity index (χ1n) is 7.55. The Morgan fingerprint density at radius 2 is 2.00 bits per heavy atom. The SMILES string of the molecule is COc1ccc(C(C)=NNC(=O)CNC(=O)/C=C\c2ccco2)cc1. The Balaban J connectivity index is 1.78. The summed E-state index contributed by atoms with van der Waals surface area (Å²) in [5.74, 6) is 0.472. The summed E-state index contributed by atoms with van der Waals surface area (Å²) in [5, 5.41) is 6.46. The van der Waals surface area contributed by atoms with Gasteiger partial charge in [0.25, 0.3) is 5.91 Å². The molecule has 25 heavy (non-hydrogen) atoms. The highest BCUT2D eigenvalue weighted by molar-refractivity contribution is 5.99. The number of hydrogen-bond donors (Lipinski definition) is 2. The normalized spacial score (nSPS) is 11.4. The van der Waals surface area contributed by atoms with E-state index in [2.05, 4.69) is 15.8 Å². The molecule has 0 saturated heterocycles. The summed E-state index contributed by atoms with van der Waals surface area (Å²) in [6.07, 6.45) is 4.31. The lowest BCUT2D eigenvalue weighted by Crippen LogP contribution is -2.34. The van der Waals surface area contributed by atoms with E-state index in [9.17, 15) is 9.59 Å². The van der Waals surface area contributed by atoms with E-state index in [1.165, 1.54) is 18.4 Å². The first kappa shape index (κ1) is 18.0. The van der Waals surface area contributed by atoms with Crippen molar-refractivity contribution in [3.05, 3.63) is 60.1 Å². The molecule has 7 heteroatoms. The van der Waals surface area contributed by atoms with Gasteiger partial charge in [-0.05, 0) is 55.0 Å². The fourth-order valence-corrected chi connectivity index (χ4v) is 1.85. The second kappa shape index (κ2) is 9.07. The predicted octanol–water partition coefficient (Wildman–Crippen LogP) is 1.96. The summed E-state index contributed by atoms with van der Waals surface area (Å²) in [6, 6.07) is 10.7. The van der Waals surface area contributed by atoms with Crippen molar-refractivity contribution in [3.63, 3.8) is 0 Å². The van der Waals surface area contributed by atoms with Crippen LogP contribution in [0.15, 0.2) is 58.3 Å². The highest BCUT2D eigenvalue weighted by Crippen LogP contribution is 2.11. The molecule has 130 valence electrons. The zero-order valence-electron chi connectivity index (χ0n) is 14.0. The maximum Gasteiger partial charge on any atom is 0.259 e. The van der Waals surface area contributed by atoms with Gasteiger partial charge in [-0.25, -0.2) is 5.43 Å². The Morgan fingerprint density at radius 1 is 1.24 bits per heavy atom. The number of hydrazone groups is 1. The molecule has 1 heterocycles. The summed E-state index contributed by atoms with van der Waals surface area (Å²) in [5.41, 5.74) is 3.89. The molecular formula is C18H19N3O4. The van der Waals surface area contributed by atoms with Crippen LogP contribution in [-0.4, -0.2) is 31.2 Å². The summed E-state index contributed by atoms with van der Waals surface area (Å²) < 4.78 is 10.1. The number of nitrogens with one attached hydrogen (secondary N) is 2. The summed E-state index contributed by atoms with van der Waals surface area (Å²) in [6.45, 7) is 1.59. The number of carbonyl (C=O) groups excluding carboxylic acids is 2. The standard InChI is InChI=1S/C18H19N3O4/c1-13(14-5-7-15(24-2)8-6-14)20-21-18(23)12-19-17(22)10-9-16-4-3-11-25-16/h3-11H,12H2,1-2H3,(H,19,22)(H,21,23)/b10-9-,20-13?. The fraction of sp³-hybridized carbons (Fsp3) is 0.167. The molecule has 1 aromatic carbocycles. The Bertz CT molecular complexity index is 762. The van der Waals surface area contributed by atoms with Crippen LogP contribution in [0.3, 0.4) is 0 Å². The average Bonchev–Trinajstić information content (AvgIpc) is 3.16. The largest absolute Gasteiger partial charge is 0.497 e. The summed E-state index contributed by atoms with van der Waals surface area (Å²) >= 11 is 0. The van der Waals surface area contributed by atoms with Crippen LogP contribution in [-0.2, 0) is 9.59 Å². The van der Waals surface area contributed by atoms with Gasteiger partial charge in [0.1, 0.15) is 11.5 Å². The number of amides is 2. The van der Waals surface area contributed by atoms with Crippen molar-refractivity contribution in [2.75, 3.05) is 13.7 Å². The molecule has 0 spiro atoms. The number of furan rings is 1. The van der Waals surface area contributed by atoms with Gasteiger partial charge in [-0.1, -0.05) is 0 Å². The van der Waals surface area contributed by atoms with E-state index in [-0.39, 0.29) is 6.54 Å². The Morgan fingerprint density at radius 3 is 2.64 bits per heavy atom. The molecule has 0 radical (unpaired) electrons. The topological polar surface area (TPSA) is 92.9 Å². The lowest BCUT2D eigenvalue weighted by Gasteiger charge is -2.05. The number of ether oxygens (including phenoxy) is 1. The average molecular weight is 341 g/mol. The second-order valence-electron chi connectivity index (χ2n) is 5.03. The fourth-order valence-electron chi connectivity index (χ4n) is 1.85. The number of rotatable bonds is 7. The van der Waals surface area contributed by atoms with Gasteiger partial charge in [0, 0.05) is 6.08 Å². The minimum absolute atomic E-state index is 0.180. The number of carbonyl (C=O) groups is 2. The van der Waals surface area contributed by atoms with Gasteiger partial charge >= 0.3 is 0 Å². The van der Waals surface area contributed by atoms with Gasteiger partial charge < -0.3 is 14.5 Å². The van der Waals surface area contributed by atoms with Crippen LogP contribution in [0.25, 0.3) is 6.08 Å². The molecule has 0 saturated carbocycles. The van der Waals surface area contributed by atoms with Crippen LogP contribution in [0.4, 0.5) is 0 Å². The molecule has 0 aliphatic rings. The first-order valence-corrected chi connectivity index (χ1v) is 7.55. The molecule has 1 aromatic heterocycles. The Labute approximate surface area is 145 Å². The van der Waals surface area contributed by atoms with Crippen molar-refractivity contribution in [2.45, 2.75) is 6.92 Å². The Hall–Kier alpha value is -3.35. The van der Waals surface area contributed by atoms with E-state index in [0.29, 0.717) is 11.5 Å². The van der Waals surface area contributed by atoms with Crippen molar-refractivity contribution in [1.82, 2.24) is 10.7 Å². The maximum atomic E-state index is 11.7. The van der Waals surface area contributed by atoms with E-state index in [1.807, 2.05) is 24.3 Å². The number of hydrogen-bond acceptors (Lipinski definition) is 5.